The zero-order chi connectivity index (χ0) is 14.2. The van der Waals surface area contributed by atoms with Gasteiger partial charge in [-0.25, -0.2) is 0 Å². The van der Waals surface area contributed by atoms with Gasteiger partial charge >= 0.3 is 0 Å². The normalized spacial score (nSPS) is 11.6. The zero-order valence-electron chi connectivity index (χ0n) is 12.1. The van der Waals surface area contributed by atoms with Crippen molar-refractivity contribution >= 4 is 5.88 Å². The highest BCUT2D eigenvalue weighted by Crippen LogP contribution is 2.38. The van der Waals surface area contributed by atoms with Gasteiger partial charge in [0.2, 0.25) is 5.88 Å². The van der Waals surface area contributed by atoms with Crippen molar-refractivity contribution in [2.75, 3.05) is 12.8 Å². The molecular formula is C15H20N2O2. The Bertz CT molecular complexity index is 595. The molecule has 0 radical (unpaired) electrons. The van der Waals surface area contributed by atoms with E-state index >= 15 is 0 Å². The minimum absolute atomic E-state index is 0.0158. The molecule has 0 fully saturated rings. The van der Waals surface area contributed by atoms with Gasteiger partial charge in [0.05, 0.1) is 18.9 Å². The third-order valence-corrected chi connectivity index (χ3v) is 3.20. The van der Waals surface area contributed by atoms with Gasteiger partial charge in [0, 0.05) is 5.56 Å². The average molecular weight is 260 g/mol. The Balaban J connectivity index is 2.67. The Hall–Kier alpha value is -1.97. The lowest BCUT2D eigenvalue weighted by molar-refractivity contribution is 0.394. The zero-order valence-corrected chi connectivity index (χ0v) is 12.1. The summed E-state index contributed by atoms with van der Waals surface area (Å²) in [5.41, 5.74) is 9.81. The van der Waals surface area contributed by atoms with E-state index in [0.717, 1.165) is 28.0 Å². The third kappa shape index (κ3) is 2.43. The van der Waals surface area contributed by atoms with Crippen LogP contribution in [0, 0.1) is 6.92 Å². The van der Waals surface area contributed by atoms with Gasteiger partial charge < -0.3 is 15.0 Å². The van der Waals surface area contributed by atoms with Gasteiger partial charge in [0.25, 0.3) is 0 Å². The number of benzene rings is 1. The lowest BCUT2D eigenvalue weighted by Gasteiger charge is -2.24. The van der Waals surface area contributed by atoms with E-state index in [1.807, 2.05) is 13.0 Å². The molecular weight excluding hydrogens is 240 g/mol. The van der Waals surface area contributed by atoms with Crippen molar-refractivity contribution < 1.29 is 9.26 Å². The van der Waals surface area contributed by atoms with Crippen LogP contribution in [0.25, 0.3) is 11.1 Å². The molecule has 0 amide bonds. The molecule has 0 saturated carbocycles. The highest BCUT2D eigenvalue weighted by atomic mass is 16.5. The van der Waals surface area contributed by atoms with E-state index in [0.29, 0.717) is 5.88 Å². The van der Waals surface area contributed by atoms with Gasteiger partial charge in [-0.3, -0.25) is 0 Å². The Kier molecular flexibility index (Phi) is 3.27. The van der Waals surface area contributed by atoms with Crippen molar-refractivity contribution in [3.05, 3.63) is 29.5 Å². The predicted octanol–water partition coefficient (Wildman–Crippen LogP) is 3.54. The first kappa shape index (κ1) is 13.5. The molecule has 0 bridgehead atoms. The van der Waals surface area contributed by atoms with E-state index in [4.69, 9.17) is 15.0 Å². The standard InChI is InChI=1S/C15H20N2O2/c1-9-6-10(11-8-17-19-14(11)16)7-12(13(9)18-5)15(2,3)4/h6-8H,16H2,1-5H3. The molecule has 0 aliphatic heterocycles. The van der Waals surface area contributed by atoms with Crippen molar-refractivity contribution in [1.29, 1.82) is 0 Å². The van der Waals surface area contributed by atoms with Crippen LogP contribution in [0.15, 0.2) is 22.9 Å². The van der Waals surface area contributed by atoms with Crippen molar-refractivity contribution in [2.24, 2.45) is 0 Å². The van der Waals surface area contributed by atoms with Crippen LogP contribution in [0.4, 0.5) is 5.88 Å². The number of nitrogens with zero attached hydrogens (tertiary/aromatic N) is 1. The van der Waals surface area contributed by atoms with Crippen LogP contribution < -0.4 is 10.5 Å². The lowest BCUT2D eigenvalue weighted by atomic mass is 9.83. The summed E-state index contributed by atoms with van der Waals surface area (Å²) in [6, 6.07) is 4.13. The minimum Gasteiger partial charge on any atom is -0.496 e. The molecule has 1 heterocycles. The van der Waals surface area contributed by atoms with Gasteiger partial charge in [0.1, 0.15) is 5.75 Å². The number of rotatable bonds is 2. The monoisotopic (exact) mass is 260 g/mol. The molecule has 0 spiro atoms. The SMILES string of the molecule is COc1c(C)cc(-c2cnoc2N)cc1C(C)(C)C. The van der Waals surface area contributed by atoms with Gasteiger partial charge in [-0.15, -0.1) is 0 Å². The Morgan fingerprint density at radius 2 is 1.95 bits per heavy atom. The molecule has 2 aromatic rings. The van der Waals surface area contributed by atoms with Crippen LogP contribution in [0.1, 0.15) is 31.9 Å². The van der Waals surface area contributed by atoms with E-state index in [9.17, 15) is 0 Å². The van der Waals surface area contributed by atoms with E-state index in [-0.39, 0.29) is 5.41 Å². The van der Waals surface area contributed by atoms with Crippen molar-refractivity contribution in [3.63, 3.8) is 0 Å². The van der Waals surface area contributed by atoms with Crippen LogP contribution in [-0.2, 0) is 5.41 Å². The number of methoxy groups -OCH3 is 1. The molecule has 0 unspecified atom stereocenters. The Morgan fingerprint density at radius 1 is 1.26 bits per heavy atom. The number of anilines is 1. The molecule has 0 atom stereocenters. The summed E-state index contributed by atoms with van der Waals surface area (Å²) in [7, 11) is 1.70. The number of ether oxygens (including phenoxy) is 1. The predicted molar refractivity (Wildman–Crippen MR) is 76.3 cm³/mol. The molecule has 0 saturated heterocycles. The number of nitrogens with two attached hydrogens (primary N) is 1. The molecule has 1 aromatic heterocycles. The summed E-state index contributed by atoms with van der Waals surface area (Å²) in [5.74, 6) is 1.26. The summed E-state index contributed by atoms with van der Waals surface area (Å²) in [6.45, 7) is 8.50. The van der Waals surface area contributed by atoms with Crippen LogP contribution in [0.2, 0.25) is 0 Å². The number of aryl methyl sites for hydroxylation is 1. The van der Waals surface area contributed by atoms with Gasteiger partial charge in [-0.05, 0) is 35.6 Å². The molecule has 2 rings (SSSR count). The van der Waals surface area contributed by atoms with Crippen LogP contribution >= 0.6 is 0 Å². The Labute approximate surface area is 113 Å². The fourth-order valence-electron chi connectivity index (χ4n) is 2.22. The second-order valence-corrected chi connectivity index (χ2v) is 5.73. The maximum atomic E-state index is 5.79. The highest BCUT2D eigenvalue weighted by molar-refractivity contribution is 5.74. The van der Waals surface area contributed by atoms with E-state index in [2.05, 4.69) is 32.0 Å². The Morgan fingerprint density at radius 3 is 2.42 bits per heavy atom. The fourth-order valence-corrected chi connectivity index (χ4v) is 2.22. The van der Waals surface area contributed by atoms with Crippen molar-refractivity contribution in [2.45, 2.75) is 33.1 Å². The first-order chi connectivity index (χ1) is 8.84. The number of hydrogen-bond acceptors (Lipinski definition) is 4. The number of nitrogen functional groups attached to an aromatic ring is 1. The summed E-state index contributed by atoms with van der Waals surface area (Å²) in [4.78, 5) is 0. The molecule has 1 aromatic carbocycles. The lowest BCUT2D eigenvalue weighted by Crippen LogP contribution is -2.13. The molecule has 0 aliphatic rings. The van der Waals surface area contributed by atoms with E-state index < -0.39 is 0 Å². The molecule has 4 nitrogen and oxygen atoms in total. The first-order valence-corrected chi connectivity index (χ1v) is 6.24. The van der Waals surface area contributed by atoms with Crippen LogP contribution in [0.5, 0.6) is 5.75 Å². The maximum absolute atomic E-state index is 5.79. The molecule has 102 valence electrons. The molecule has 4 heteroatoms. The van der Waals surface area contributed by atoms with Crippen molar-refractivity contribution in [1.82, 2.24) is 5.16 Å². The summed E-state index contributed by atoms with van der Waals surface area (Å²) >= 11 is 0. The van der Waals surface area contributed by atoms with Gasteiger partial charge in [0.15, 0.2) is 0 Å². The highest BCUT2D eigenvalue weighted by Gasteiger charge is 2.22. The van der Waals surface area contributed by atoms with Crippen LogP contribution in [-0.4, -0.2) is 12.3 Å². The average Bonchev–Trinajstić information content (AvgIpc) is 2.73. The molecule has 0 aliphatic carbocycles. The number of hydrogen-bond donors (Lipinski definition) is 1. The summed E-state index contributed by atoms with van der Waals surface area (Å²) in [5, 5.41) is 3.73. The van der Waals surface area contributed by atoms with E-state index in [1.165, 1.54) is 0 Å². The molecule has 2 N–H and O–H groups in total. The molecule has 19 heavy (non-hydrogen) atoms. The van der Waals surface area contributed by atoms with Gasteiger partial charge in [-0.2, -0.15) is 0 Å². The third-order valence-electron chi connectivity index (χ3n) is 3.20. The topological polar surface area (TPSA) is 61.3 Å². The van der Waals surface area contributed by atoms with Crippen molar-refractivity contribution in [3.8, 4) is 16.9 Å². The second kappa shape index (κ2) is 4.61. The first-order valence-electron chi connectivity index (χ1n) is 6.24. The smallest absolute Gasteiger partial charge is 0.229 e. The summed E-state index contributed by atoms with van der Waals surface area (Å²) < 4.78 is 10.5. The quantitative estimate of drug-likeness (QED) is 0.897. The number of aromatic nitrogens is 1. The van der Waals surface area contributed by atoms with Crippen LogP contribution in [0.3, 0.4) is 0 Å². The maximum Gasteiger partial charge on any atom is 0.229 e. The second-order valence-electron chi connectivity index (χ2n) is 5.73. The minimum atomic E-state index is -0.0158. The van der Waals surface area contributed by atoms with Gasteiger partial charge in [-0.1, -0.05) is 25.9 Å². The summed E-state index contributed by atoms with van der Waals surface area (Å²) in [6.07, 6.45) is 1.64. The fraction of sp³-hybridized carbons (Fsp3) is 0.400. The van der Waals surface area contributed by atoms with E-state index in [1.54, 1.807) is 13.3 Å². The largest absolute Gasteiger partial charge is 0.496 e.